The maximum absolute atomic E-state index is 13.8. The maximum Gasteiger partial charge on any atom is 0.302 e. The molecule has 0 aliphatic carbocycles. The molecule has 1 aromatic heterocycles. The van der Waals surface area contributed by atoms with Crippen LogP contribution in [0, 0.1) is 5.82 Å². The Morgan fingerprint density at radius 1 is 1.03 bits per heavy atom. The van der Waals surface area contributed by atoms with Crippen molar-refractivity contribution < 1.29 is 19.1 Å². The molecule has 1 aliphatic heterocycles. The number of nitrogens with one attached hydrogen (secondary N) is 1. The van der Waals surface area contributed by atoms with Gasteiger partial charge in [-0.05, 0) is 59.0 Å². The summed E-state index contributed by atoms with van der Waals surface area (Å²) in [5.74, 6) is -2.40. The van der Waals surface area contributed by atoms with Crippen molar-refractivity contribution >= 4 is 46.0 Å². The molecular weight excluding hydrogens is 481 g/mol. The number of nitrogens with zero attached hydrogens (tertiary/aromatic N) is 2. The summed E-state index contributed by atoms with van der Waals surface area (Å²) in [6.45, 7) is 6.26. The largest absolute Gasteiger partial charge is 0.507 e. The first-order valence-electron chi connectivity index (χ1n) is 11.4. The quantitative estimate of drug-likeness (QED) is 0.196. The van der Waals surface area contributed by atoms with Crippen LogP contribution < -0.4 is 4.90 Å². The lowest BCUT2D eigenvalue weighted by molar-refractivity contribution is -0.132. The number of imidazole rings is 1. The van der Waals surface area contributed by atoms with E-state index in [2.05, 4.69) is 30.7 Å². The molecule has 0 bridgehead atoms. The highest BCUT2D eigenvalue weighted by Crippen LogP contribution is 2.42. The number of benzene rings is 3. The van der Waals surface area contributed by atoms with Gasteiger partial charge in [0.05, 0.1) is 22.6 Å². The molecule has 4 aromatic rings. The van der Waals surface area contributed by atoms with Crippen LogP contribution in [0.5, 0.6) is 0 Å². The summed E-state index contributed by atoms with van der Waals surface area (Å²) >= 11 is 5.99. The predicted octanol–water partition coefficient (Wildman–Crippen LogP) is 6.28. The molecule has 5 rings (SSSR count). The van der Waals surface area contributed by atoms with E-state index in [-0.39, 0.29) is 22.7 Å². The van der Waals surface area contributed by atoms with E-state index in [1.807, 2.05) is 24.3 Å². The van der Waals surface area contributed by atoms with Crippen LogP contribution in [0.1, 0.15) is 43.5 Å². The van der Waals surface area contributed by atoms with Crippen LogP contribution in [-0.4, -0.2) is 26.8 Å². The van der Waals surface area contributed by atoms with Gasteiger partial charge in [0.15, 0.2) is 0 Å². The third-order valence-electron chi connectivity index (χ3n) is 6.31. The number of fused-ring (bicyclic) bond motifs is 1. The number of halogens is 2. The van der Waals surface area contributed by atoms with Crippen LogP contribution in [0.25, 0.3) is 16.8 Å². The average molecular weight is 504 g/mol. The minimum Gasteiger partial charge on any atom is -0.507 e. The third kappa shape index (κ3) is 4.05. The van der Waals surface area contributed by atoms with Gasteiger partial charge in [0.25, 0.3) is 5.78 Å². The lowest BCUT2D eigenvalue weighted by Gasteiger charge is -2.24. The highest BCUT2D eigenvalue weighted by molar-refractivity contribution is 6.51. The van der Waals surface area contributed by atoms with E-state index < -0.39 is 23.5 Å². The Morgan fingerprint density at radius 3 is 2.33 bits per heavy atom. The Labute approximate surface area is 212 Å². The van der Waals surface area contributed by atoms with E-state index in [4.69, 9.17) is 11.6 Å². The molecule has 1 atom stereocenters. The van der Waals surface area contributed by atoms with Crippen LogP contribution in [0.2, 0.25) is 5.02 Å². The van der Waals surface area contributed by atoms with Crippen LogP contribution in [0.3, 0.4) is 0 Å². The smallest absolute Gasteiger partial charge is 0.302 e. The Balaban J connectivity index is 1.71. The van der Waals surface area contributed by atoms with Crippen molar-refractivity contribution in [3.8, 4) is 0 Å². The summed E-state index contributed by atoms with van der Waals surface area (Å²) in [7, 11) is 0. The molecule has 1 unspecified atom stereocenters. The highest BCUT2D eigenvalue weighted by Gasteiger charge is 2.48. The Bertz CT molecular complexity index is 1530. The van der Waals surface area contributed by atoms with Gasteiger partial charge in [0, 0.05) is 10.6 Å². The van der Waals surface area contributed by atoms with Gasteiger partial charge in [-0.15, -0.1) is 0 Å². The van der Waals surface area contributed by atoms with Gasteiger partial charge in [-0.2, -0.15) is 0 Å². The minimum atomic E-state index is -0.958. The lowest BCUT2D eigenvalue weighted by atomic mass is 9.85. The number of aromatic amines is 1. The molecule has 0 saturated carbocycles. The molecule has 36 heavy (non-hydrogen) atoms. The van der Waals surface area contributed by atoms with Crippen molar-refractivity contribution in [1.29, 1.82) is 0 Å². The molecule has 6 nitrogen and oxygen atoms in total. The van der Waals surface area contributed by atoms with Crippen molar-refractivity contribution in [1.82, 2.24) is 9.97 Å². The Kier molecular flexibility index (Phi) is 5.68. The van der Waals surface area contributed by atoms with Crippen molar-refractivity contribution in [2.75, 3.05) is 4.90 Å². The summed E-state index contributed by atoms with van der Waals surface area (Å²) < 4.78 is 13.8. The van der Waals surface area contributed by atoms with Crippen molar-refractivity contribution in [2.24, 2.45) is 0 Å². The first-order valence-corrected chi connectivity index (χ1v) is 11.7. The molecular formula is C28H23ClFN3O3. The summed E-state index contributed by atoms with van der Waals surface area (Å²) in [6, 6.07) is 16.9. The molecule has 1 saturated heterocycles. The molecule has 2 heterocycles. The number of carbonyl (C=O) groups excluding carboxylic acids is 2. The number of Topliss-reactive ketones (excluding diaryl/α,β-unsaturated/α-hetero) is 1. The van der Waals surface area contributed by atoms with Crippen molar-refractivity contribution in [3.63, 3.8) is 0 Å². The predicted molar refractivity (Wildman–Crippen MR) is 137 cm³/mol. The SMILES string of the molecule is CC(C)(C)c1ccc(C2/C(=C(\O)c3ccc(Cl)cc3)C(=O)C(=O)N2c2nc3ccc(F)cc3[nH]2)cc1. The van der Waals surface area contributed by atoms with Gasteiger partial charge in [-0.3, -0.25) is 14.5 Å². The number of carbonyl (C=O) groups is 2. The Morgan fingerprint density at radius 2 is 1.69 bits per heavy atom. The molecule has 0 radical (unpaired) electrons. The van der Waals surface area contributed by atoms with E-state index in [0.717, 1.165) is 5.56 Å². The number of anilines is 1. The molecule has 3 aromatic carbocycles. The molecule has 1 fully saturated rings. The first-order chi connectivity index (χ1) is 17.0. The topological polar surface area (TPSA) is 86.3 Å². The van der Waals surface area contributed by atoms with E-state index >= 15 is 0 Å². The number of ketones is 1. The van der Waals surface area contributed by atoms with Crippen molar-refractivity contribution in [3.05, 3.63) is 99.8 Å². The molecule has 8 heteroatoms. The fourth-order valence-electron chi connectivity index (χ4n) is 4.38. The number of H-pyrrole nitrogens is 1. The summed E-state index contributed by atoms with van der Waals surface area (Å²) in [5, 5.41) is 11.7. The normalized spacial score (nSPS) is 17.8. The molecule has 1 amide bonds. The molecule has 1 aliphatic rings. The summed E-state index contributed by atoms with van der Waals surface area (Å²) in [6.07, 6.45) is 0. The number of amides is 1. The van der Waals surface area contributed by atoms with E-state index in [0.29, 0.717) is 27.2 Å². The standard InChI is InChI=1S/C28H23ClFN3O3/c1-28(2,3)17-8-4-15(5-9-17)23-22(24(34)16-6-10-18(29)11-7-16)25(35)26(36)33(23)27-31-20-13-12-19(30)14-21(20)32-27/h4-14,23,34H,1-3H3,(H,31,32)/b24-22+. The van der Waals surface area contributed by atoms with Gasteiger partial charge < -0.3 is 10.1 Å². The lowest BCUT2D eigenvalue weighted by Crippen LogP contribution is -2.30. The van der Waals surface area contributed by atoms with Gasteiger partial charge >= 0.3 is 5.91 Å². The average Bonchev–Trinajstić information content (AvgIpc) is 3.36. The number of aromatic nitrogens is 2. The summed E-state index contributed by atoms with van der Waals surface area (Å²) in [5.41, 5.74) is 2.67. The highest BCUT2D eigenvalue weighted by atomic mass is 35.5. The number of hydrogen-bond donors (Lipinski definition) is 2. The zero-order valence-corrected chi connectivity index (χ0v) is 20.6. The minimum absolute atomic E-state index is 0.0718. The number of aliphatic hydroxyl groups is 1. The van der Waals surface area contributed by atoms with Gasteiger partial charge in [0.1, 0.15) is 11.6 Å². The van der Waals surface area contributed by atoms with E-state index in [9.17, 15) is 19.1 Å². The van der Waals surface area contributed by atoms with Crippen LogP contribution in [0.15, 0.2) is 72.3 Å². The maximum atomic E-state index is 13.8. The van der Waals surface area contributed by atoms with E-state index in [1.54, 1.807) is 24.3 Å². The second-order valence-electron chi connectivity index (χ2n) is 9.77. The van der Waals surface area contributed by atoms with Crippen LogP contribution in [-0.2, 0) is 15.0 Å². The van der Waals surface area contributed by atoms with Gasteiger partial charge in [-0.1, -0.05) is 56.6 Å². The molecule has 0 spiro atoms. The zero-order chi connectivity index (χ0) is 25.8. The third-order valence-corrected chi connectivity index (χ3v) is 6.57. The molecule has 2 N–H and O–H groups in total. The monoisotopic (exact) mass is 503 g/mol. The van der Waals surface area contributed by atoms with Crippen LogP contribution >= 0.6 is 11.6 Å². The van der Waals surface area contributed by atoms with Crippen LogP contribution in [0.4, 0.5) is 10.3 Å². The molecule has 182 valence electrons. The van der Waals surface area contributed by atoms with E-state index in [1.165, 1.54) is 23.1 Å². The fraction of sp³-hybridized carbons (Fsp3) is 0.179. The second kappa shape index (κ2) is 8.60. The number of rotatable bonds is 3. The number of aliphatic hydroxyl groups excluding tert-OH is 1. The second-order valence-corrected chi connectivity index (χ2v) is 10.2. The Hall–Kier alpha value is -3.97. The summed E-state index contributed by atoms with van der Waals surface area (Å²) in [4.78, 5) is 35.3. The fourth-order valence-corrected chi connectivity index (χ4v) is 4.50. The zero-order valence-electron chi connectivity index (χ0n) is 19.8. The number of hydrogen-bond acceptors (Lipinski definition) is 4. The first kappa shape index (κ1) is 23.8. The van der Waals surface area contributed by atoms with Gasteiger partial charge in [-0.25, -0.2) is 9.37 Å². The van der Waals surface area contributed by atoms with Gasteiger partial charge in [0.2, 0.25) is 5.95 Å². The van der Waals surface area contributed by atoms with Crippen molar-refractivity contribution in [2.45, 2.75) is 32.2 Å².